The average Bonchev–Trinajstić information content (AvgIpc) is 2.10. The first-order valence-corrected chi connectivity index (χ1v) is 4.83. The van der Waals surface area contributed by atoms with E-state index in [1.807, 2.05) is 19.0 Å². The van der Waals surface area contributed by atoms with Crippen molar-refractivity contribution >= 4 is 0 Å². The summed E-state index contributed by atoms with van der Waals surface area (Å²) in [6.45, 7) is 0.721. The fourth-order valence-electron chi connectivity index (χ4n) is 1.50. The van der Waals surface area contributed by atoms with Crippen molar-refractivity contribution < 1.29 is 8.78 Å². The second kappa shape index (κ2) is 5.19. The van der Waals surface area contributed by atoms with Crippen LogP contribution >= 0.6 is 0 Å². The highest BCUT2D eigenvalue weighted by Crippen LogP contribution is 2.10. The first-order chi connectivity index (χ1) is 6.99. The summed E-state index contributed by atoms with van der Waals surface area (Å²) >= 11 is 0. The number of halogens is 2. The average molecular weight is 214 g/mol. The van der Waals surface area contributed by atoms with E-state index in [-0.39, 0.29) is 6.04 Å². The Kier molecular flexibility index (Phi) is 4.17. The molecule has 0 aliphatic rings. The number of nitrogens with zero attached hydrogens (tertiary/aromatic N) is 1. The van der Waals surface area contributed by atoms with Crippen molar-refractivity contribution in [3.63, 3.8) is 0 Å². The molecule has 0 amide bonds. The van der Waals surface area contributed by atoms with Gasteiger partial charge in [-0.15, -0.1) is 0 Å². The Balaban J connectivity index is 2.60. The van der Waals surface area contributed by atoms with Crippen molar-refractivity contribution in [1.29, 1.82) is 0 Å². The normalized spacial score (nSPS) is 13.2. The van der Waals surface area contributed by atoms with E-state index in [1.54, 1.807) is 6.07 Å². The van der Waals surface area contributed by atoms with Crippen molar-refractivity contribution in [2.75, 3.05) is 20.6 Å². The molecule has 1 aromatic carbocycles. The Morgan fingerprint density at radius 2 is 1.93 bits per heavy atom. The minimum absolute atomic E-state index is 0.0649. The van der Waals surface area contributed by atoms with Crippen LogP contribution in [0, 0.1) is 11.6 Å². The van der Waals surface area contributed by atoms with E-state index in [0.29, 0.717) is 6.42 Å². The molecule has 0 bridgehead atoms. The van der Waals surface area contributed by atoms with Gasteiger partial charge in [0.25, 0.3) is 0 Å². The van der Waals surface area contributed by atoms with Crippen molar-refractivity contribution in [3.05, 3.63) is 35.4 Å². The van der Waals surface area contributed by atoms with Gasteiger partial charge in [-0.1, -0.05) is 6.07 Å². The summed E-state index contributed by atoms with van der Waals surface area (Å²) in [5.41, 5.74) is 6.56. The molecule has 2 N–H and O–H groups in total. The number of nitrogens with two attached hydrogens (primary N) is 1. The molecular weight excluding hydrogens is 198 g/mol. The third-order valence-corrected chi connectivity index (χ3v) is 2.08. The highest BCUT2D eigenvalue weighted by atomic mass is 19.2. The highest BCUT2D eigenvalue weighted by Gasteiger charge is 2.08. The van der Waals surface area contributed by atoms with Crippen LogP contribution in [0.3, 0.4) is 0 Å². The number of rotatable bonds is 4. The maximum atomic E-state index is 12.9. The van der Waals surface area contributed by atoms with Gasteiger partial charge in [0.2, 0.25) is 0 Å². The number of benzene rings is 1. The van der Waals surface area contributed by atoms with Crippen LogP contribution < -0.4 is 5.73 Å². The molecule has 2 nitrogen and oxygen atoms in total. The molecule has 0 saturated carbocycles. The Hall–Kier alpha value is -1.00. The van der Waals surface area contributed by atoms with Crippen LogP contribution in [0.2, 0.25) is 0 Å². The molecule has 0 saturated heterocycles. The molecule has 0 heterocycles. The first kappa shape index (κ1) is 12.1. The van der Waals surface area contributed by atoms with Gasteiger partial charge in [0.05, 0.1) is 0 Å². The van der Waals surface area contributed by atoms with Crippen molar-refractivity contribution in [1.82, 2.24) is 4.90 Å². The smallest absolute Gasteiger partial charge is 0.159 e. The molecule has 1 rings (SSSR count). The molecule has 1 unspecified atom stereocenters. The van der Waals surface area contributed by atoms with E-state index in [0.717, 1.165) is 18.2 Å². The molecule has 0 fully saturated rings. The Morgan fingerprint density at radius 1 is 1.27 bits per heavy atom. The Labute approximate surface area is 88.7 Å². The fraction of sp³-hybridized carbons (Fsp3) is 0.455. The zero-order chi connectivity index (χ0) is 11.4. The van der Waals surface area contributed by atoms with Crippen LogP contribution in [0.15, 0.2) is 18.2 Å². The molecule has 4 heteroatoms. The maximum Gasteiger partial charge on any atom is 0.159 e. The van der Waals surface area contributed by atoms with Gasteiger partial charge in [-0.05, 0) is 38.2 Å². The van der Waals surface area contributed by atoms with E-state index >= 15 is 0 Å². The summed E-state index contributed by atoms with van der Waals surface area (Å²) in [7, 11) is 3.84. The van der Waals surface area contributed by atoms with Crippen molar-refractivity contribution in [2.45, 2.75) is 12.5 Å². The van der Waals surface area contributed by atoms with Crippen molar-refractivity contribution in [3.8, 4) is 0 Å². The summed E-state index contributed by atoms with van der Waals surface area (Å²) in [6.07, 6.45) is 0.551. The van der Waals surface area contributed by atoms with Gasteiger partial charge in [-0.2, -0.15) is 0 Å². The molecule has 1 atom stereocenters. The van der Waals surface area contributed by atoms with E-state index in [4.69, 9.17) is 5.73 Å². The third kappa shape index (κ3) is 3.93. The van der Waals surface area contributed by atoms with Crippen LogP contribution in [0.5, 0.6) is 0 Å². The van der Waals surface area contributed by atoms with E-state index in [1.165, 1.54) is 6.07 Å². The summed E-state index contributed by atoms with van der Waals surface area (Å²) in [6, 6.07) is 3.83. The molecule has 0 radical (unpaired) electrons. The SMILES string of the molecule is CN(C)CC(N)Cc1ccc(F)c(F)c1. The Morgan fingerprint density at radius 3 is 2.47 bits per heavy atom. The first-order valence-electron chi connectivity index (χ1n) is 4.83. The molecule has 0 aliphatic carbocycles. The molecule has 0 aliphatic heterocycles. The number of likely N-dealkylation sites (N-methyl/N-ethyl adjacent to an activating group) is 1. The topological polar surface area (TPSA) is 29.3 Å². The number of hydrogen-bond donors (Lipinski definition) is 1. The zero-order valence-electron chi connectivity index (χ0n) is 9.00. The zero-order valence-corrected chi connectivity index (χ0v) is 9.00. The predicted octanol–water partition coefficient (Wildman–Crippen LogP) is 1.40. The van der Waals surface area contributed by atoms with Crippen LogP contribution in [0.4, 0.5) is 8.78 Å². The maximum absolute atomic E-state index is 12.9. The lowest BCUT2D eigenvalue weighted by Crippen LogP contribution is -2.34. The standard InChI is InChI=1S/C11H16F2N2/c1-15(2)7-9(14)5-8-3-4-10(12)11(13)6-8/h3-4,6,9H,5,7,14H2,1-2H3. The second-order valence-corrected chi connectivity index (χ2v) is 3.97. The summed E-state index contributed by atoms with van der Waals surface area (Å²) in [4.78, 5) is 1.96. The monoisotopic (exact) mass is 214 g/mol. The summed E-state index contributed by atoms with van der Waals surface area (Å²) in [5.74, 6) is -1.63. The summed E-state index contributed by atoms with van der Waals surface area (Å²) < 4.78 is 25.5. The van der Waals surface area contributed by atoms with Crippen LogP contribution in [0.1, 0.15) is 5.56 Å². The highest BCUT2D eigenvalue weighted by molar-refractivity contribution is 5.18. The lowest BCUT2D eigenvalue weighted by Gasteiger charge is -2.16. The Bertz CT molecular complexity index is 326. The van der Waals surface area contributed by atoms with Gasteiger partial charge in [0.1, 0.15) is 0 Å². The quantitative estimate of drug-likeness (QED) is 0.820. The fourth-order valence-corrected chi connectivity index (χ4v) is 1.50. The number of hydrogen-bond acceptors (Lipinski definition) is 2. The molecule has 1 aromatic rings. The molecule has 84 valence electrons. The minimum atomic E-state index is -0.820. The molecule has 0 spiro atoms. The third-order valence-electron chi connectivity index (χ3n) is 2.08. The minimum Gasteiger partial charge on any atom is -0.326 e. The molecular formula is C11H16F2N2. The van der Waals surface area contributed by atoms with Gasteiger partial charge in [-0.25, -0.2) is 8.78 Å². The van der Waals surface area contributed by atoms with E-state index < -0.39 is 11.6 Å². The summed E-state index contributed by atoms with van der Waals surface area (Å²) in [5, 5.41) is 0. The second-order valence-electron chi connectivity index (χ2n) is 3.97. The lowest BCUT2D eigenvalue weighted by molar-refractivity contribution is 0.371. The van der Waals surface area contributed by atoms with Gasteiger partial charge in [0, 0.05) is 12.6 Å². The van der Waals surface area contributed by atoms with E-state index in [9.17, 15) is 8.78 Å². The lowest BCUT2D eigenvalue weighted by atomic mass is 10.1. The van der Waals surface area contributed by atoms with Gasteiger partial charge >= 0.3 is 0 Å². The van der Waals surface area contributed by atoms with Crippen LogP contribution in [-0.2, 0) is 6.42 Å². The van der Waals surface area contributed by atoms with Crippen molar-refractivity contribution in [2.24, 2.45) is 5.73 Å². The molecule has 0 aromatic heterocycles. The van der Waals surface area contributed by atoms with Gasteiger partial charge in [0.15, 0.2) is 11.6 Å². The van der Waals surface area contributed by atoms with Crippen LogP contribution in [-0.4, -0.2) is 31.6 Å². The largest absolute Gasteiger partial charge is 0.326 e. The van der Waals surface area contributed by atoms with Crippen LogP contribution in [0.25, 0.3) is 0 Å². The molecule has 15 heavy (non-hydrogen) atoms. The van der Waals surface area contributed by atoms with Gasteiger partial charge in [-0.3, -0.25) is 0 Å². The van der Waals surface area contributed by atoms with E-state index in [2.05, 4.69) is 0 Å². The van der Waals surface area contributed by atoms with Gasteiger partial charge < -0.3 is 10.6 Å². The predicted molar refractivity (Wildman–Crippen MR) is 56.6 cm³/mol.